The maximum atomic E-state index is 4.49. The zero-order valence-corrected chi connectivity index (χ0v) is 11.4. The normalized spacial score (nSPS) is 18.6. The summed E-state index contributed by atoms with van der Waals surface area (Å²) in [6.07, 6.45) is 1.19. The molecule has 0 aromatic carbocycles. The second-order valence-corrected chi connectivity index (χ2v) is 5.05. The maximum absolute atomic E-state index is 4.49. The van der Waals surface area contributed by atoms with Crippen molar-refractivity contribution >= 4 is 21.7 Å². The summed E-state index contributed by atoms with van der Waals surface area (Å²) >= 11 is 3.42. The molecule has 0 bridgehead atoms. The Bertz CT molecular complexity index is 349. The summed E-state index contributed by atoms with van der Waals surface area (Å²) in [5, 5.41) is 0. The Hall–Kier alpha value is -0.680. The molecular weight excluding hydrogens is 268 g/mol. The van der Waals surface area contributed by atoms with E-state index in [4.69, 9.17) is 0 Å². The van der Waals surface area contributed by atoms with E-state index < -0.39 is 0 Å². The van der Waals surface area contributed by atoms with E-state index in [-0.39, 0.29) is 0 Å². The van der Waals surface area contributed by atoms with Gasteiger partial charge in [-0.25, -0.2) is 9.97 Å². The van der Waals surface area contributed by atoms with Gasteiger partial charge >= 0.3 is 0 Å². The lowest BCUT2D eigenvalue weighted by Crippen LogP contribution is -2.29. The molecule has 1 aromatic rings. The third kappa shape index (κ3) is 2.92. The summed E-state index contributed by atoms with van der Waals surface area (Å²) in [5.74, 6) is 1.86. The van der Waals surface area contributed by atoms with Crippen LogP contribution in [-0.4, -0.2) is 48.1 Å². The zero-order valence-electron chi connectivity index (χ0n) is 9.78. The Balaban J connectivity index is 2.16. The molecule has 4 nitrogen and oxygen atoms in total. The van der Waals surface area contributed by atoms with Crippen molar-refractivity contribution < 1.29 is 0 Å². The minimum Gasteiger partial charge on any atom is -0.355 e. The summed E-state index contributed by atoms with van der Waals surface area (Å²) in [7, 11) is 2.17. The van der Waals surface area contributed by atoms with Crippen LogP contribution >= 0.6 is 15.9 Å². The van der Waals surface area contributed by atoms with Gasteiger partial charge in [-0.05, 0) is 42.9 Å². The molecule has 0 atom stereocenters. The molecule has 2 rings (SSSR count). The Labute approximate surface area is 105 Å². The minimum absolute atomic E-state index is 0.821. The third-order valence-electron chi connectivity index (χ3n) is 2.84. The van der Waals surface area contributed by atoms with E-state index in [0.717, 1.165) is 35.9 Å². The van der Waals surface area contributed by atoms with Crippen LogP contribution in [0.4, 0.5) is 5.82 Å². The fourth-order valence-electron chi connectivity index (χ4n) is 1.95. The number of hydrogen-bond donors (Lipinski definition) is 0. The number of hydrogen-bond acceptors (Lipinski definition) is 4. The molecule has 1 aliphatic rings. The predicted molar refractivity (Wildman–Crippen MR) is 68.8 cm³/mol. The van der Waals surface area contributed by atoms with Gasteiger partial charge in [0.2, 0.25) is 0 Å². The van der Waals surface area contributed by atoms with Crippen molar-refractivity contribution in [2.75, 3.05) is 38.1 Å². The van der Waals surface area contributed by atoms with Crippen molar-refractivity contribution in [2.24, 2.45) is 0 Å². The Morgan fingerprint density at radius 2 is 2.00 bits per heavy atom. The van der Waals surface area contributed by atoms with Crippen molar-refractivity contribution in [1.82, 2.24) is 14.9 Å². The number of likely N-dealkylation sites (N-methyl/N-ethyl adjacent to an activating group) is 1. The predicted octanol–water partition coefficient (Wildman–Crippen LogP) is 1.69. The zero-order chi connectivity index (χ0) is 11.5. The average molecular weight is 285 g/mol. The lowest BCUT2D eigenvalue weighted by atomic mass is 10.4. The first-order chi connectivity index (χ1) is 7.65. The second kappa shape index (κ2) is 5.10. The van der Waals surface area contributed by atoms with Crippen LogP contribution in [0.3, 0.4) is 0 Å². The number of rotatable bonds is 1. The van der Waals surface area contributed by atoms with Crippen molar-refractivity contribution in [3.05, 3.63) is 16.5 Å². The molecule has 0 radical (unpaired) electrons. The van der Waals surface area contributed by atoms with E-state index in [1.54, 1.807) is 0 Å². The molecule has 5 heteroatoms. The van der Waals surface area contributed by atoms with E-state index in [9.17, 15) is 0 Å². The van der Waals surface area contributed by atoms with Gasteiger partial charge in [0.15, 0.2) is 0 Å². The smallest absolute Gasteiger partial charge is 0.133 e. The first kappa shape index (κ1) is 11.8. The van der Waals surface area contributed by atoms with E-state index in [2.05, 4.69) is 42.7 Å². The van der Waals surface area contributed by atoms with Crippen LogP contribution < -0.4 is 4.90 Å². The molecular formula is C11H17BrN4. The molecule has 2 heterocycles. The molecule has 0 amide bonds. The van der Waals surface area contributed by atoms with Crippen molar-refractivity contribution in [3.8, 4) is 0 Å². The van der Waals surface area contributed by atoms with Gasteiger partial charge < -0.3 is 9.80 Å². The fraction of sp³-hybridized carbons (Fsp3) is 0.636. The summed E-state index contributed by atoms with van der Waals surface area (Å²) in [6.45, 7) is 6.31. The molecule has 88 valence electrons. The van der Waals surface area contributed by atoms with Gasteiger partial charge in [-0.2, -0.15) is 0 Å². The molecule has 1 fully saturated rings. The average Bonchev–Trinajstić information content (AvgIpc) is 2.41. The van der Waals surface area contributed by atoms with Gasteiger partial charge in [0.1, 0.15) is 16.2 Å². The fourth-order valence-corrected chi connectivity index (χ4v) is 2.42. The largest absolute Gasteiger partial charge is 0.355 e. The van der Waals surface area contributed by atoms with Crippen LogP contribution in [0.2, 0.25) is 0 Å². The van der Waals surface area contributed by atoms with Gasteiger partial charge in [-0.1, -0.05) is 0 Å². The number of anilines is 1. The van der Waals surface area contributed by atoms with Gasteiger partial charge in [-0.3, -0.25) is 0 Å². The number of aromatic nitrogens is 2. The highest BCUT2D eigenvalue weighted by Gasteiger charge is 2.14. The summed E-state index contributed by atoms with van der Waals surface area (Å²) in [4.78, 5) is 13.4. The molecule has 0 unspecified atom stereocenters. The highest BCUT2D eigenvalue weighted by atomic mass is 79.9. The summed E-state index contributed by atoms with van der Waals surface area (Å²) in [6, 6.07) is 2.00. The third-order valence-corrected chi connectivity index (χ3v) is 3.24. The van der Waals surface area contributed by atoms with Crippen molar-refractivity contribution in [1.29, 1.82) is 0 Å². The lowest BCUT2D eigenvalue weighted by Gasteiger charge is -2.21. The lowest BCUT2D eigenvalue weighted by molar-refractivity contribution is 0.360. The monoisotopic (exact) mass is 284 g/mol. The Kier molecular flexibility index (Phi) is 3.76. The van der Waals surface area contributed by atoms with Gasteiger partial charge in [0.25, 0.3) is 0 Å². The Morgan fingerprint density at radius 3 is 2.75 bits per heavy atom. The SMILES string of the molecule is Cc1nc(Br)cc(N2CCCN(C)CC2)n1. The van der Waals surface area contributed by atoms with Crippen LogP contribution in [0.15, 0.2) is 10.7 Å². The molecule has 0 spiro atoms. The highest BCUT2D eigenvalue weighted by molar-refractivity contribution is 9.10. The summed E-state index contributed by atoms with van der Waals surface area (Å²) < 4.78 is 0.868. The van der Waals surface area contributed by atoms with Crippen LogP contribution in [-0.2, 0) is 0 Å². The van der Waals surface area contributed by atoms with Gasteiger partial charge in [0.05, 0.1) is 0 Å². The number of nitrogens with zero attached hydrogens (tertiary/aromatic N) is 4. The molecule has 1 saturated heterocycles. The molecule has 0 N–H and O–H groups in total. The topological polar surface area (TPSA) is 32.3 Å². The van der Waals surface area contributed by atoms with E-state index >= 15 is 0 Å². The minimum atomic E-state index is 0.821. The van der Waals surface area contributed by atoms with Crippen LogP contribution in [0.1, 0.15) is 12.2 Å². The number of halogens is 1. The van der Waals surface area contributed by atoms with Gasteiger partial charge in [0, 0.05) is 25.7 Å². The van der Waals surface area contributed by atoms with E-state index in [1.807, 2.05) is 13.0 Å². The Morgan fingerprint density at radius 1 is 1.19 bits per heavy atom. The first-order valence-electron chi connectivity index (χ1n) is 5.60. The number of aryl methyl sites for hydroxylation is 1. The quantitative estimate of drug-likeness (QED) is 0.735. The van der Waals surface area contributed by atoms with Gasteiger partial charge in [-0.15, -0.1) is 0 Å². The standard InChI is InChI=1S/C11H17BrN4/c1-9-13-10(12)8-11(14-9)16-5-3-4-15(2)6-7-16/h8H,3-7H2,1-2H3. The second-order valence-electron chi connectivity index (χ2n) is 4.24. The summed E-state index contributed by atoms with van der Waals surface area (Å²) in [5.41, 5.74) is 0. The molecule has 0 aliphatic carbocycles. The van der Waals surface area contributed by atoms with Crippen molar-refractivity contribution in [2.45, 2.75) is 13.3 Å². The van der Waals surface area contributed by atoms with Crippen LogP contribution in [0.25, 0.3) is 0 Å². The van der Waals surface area contributed by atoms with Crippen LogP contribution in [0.5, 0.6) is 0 Å². The molecule has 1 aromatic heterocycles. The van der Waals surface area contributed by atoms with E-state index in [0.29, 0.717) is 0 Å². The van der Waals surface area contributed by atoms with Crippen molar-refractivity contribution in [3.63, 3.8) is 0 Å². The maximum Gasteiger partial charge on any atom is 0.133 e. The first-order valence-corrected chi connectivity index (χ1v) is 6.39. The highest BCUT2D eigenvalue weighted by Crippen LogP contribution is 2.17. The molecule has 1 aliphatic heterocycles. The molecule has 0 saturated carbocycles. The molecule has 16 heavy (non-hydrogen) atoms. The van der Waals surface area contributed by atoms with Crippen LogP contribution in [0, 0.1) is 6.92 Å². The van der Waals surface area contributed by atoms with E-state index in [1.165, 1.54) is 13.0 Å².